The zero-order valence-electron chi connectivity index (χ0n) is 7.49. The molecule has 0 aromatic rings. The molecule has 1 spiro atoms. The first-order valence-corrected chi connectivity index (χ1v) is 5.07. The maximum Gasteiger partial charge on any atom is 0.0676 e. The monoisotopic (exact) mass is 162 g/mol. The Morgan fingerprint density at radius 1 is 1.50 bits per heavy atom. The average molecular weight is 162 g/mol. The Bertz CT molecular complexity index is 313. The SMILES string of the molecule is CC1=CC1C(O)C1C2C3C(C)C132. The molecule has 3 saturated carbocycles. The summed E-state index contributed by atoms with van der Waals surface area (Å²) >= 11 is 0. The van der Waals surface area contributed by atoms with Gasteiger partial charge in [0.25, 0.3) is 0 Å². The molecule has 64 valence electrons. The summed E-state index contributed by atoms with van der Waals surface area (Å²) in [6.45, 7) is 4.48. The molecule has 0 amide bonds. The van der Waals surface area contributed by atoms with E-state index in [-0.39, 0.29) is 6.10 Å². The fourth-order valence-corrected chi connectivity index (χ4v) is 4.08. The van der Waals surface area contributed by atoms with Crippen LogP contribution >= 0.6 is 0 Å². The molecule has 1 nitrogen and oxygen atoms in total. The molecule has 7 unspecified atom stereocenters. The average Bonchev–Trinajstić information content (AvgIpc) is 2.81. The van der Waals surface area contributed by atoms with E-state index in [9.17, 15) is 5.11 Å². The summed E-state index contributed by atoms with van der Waals surface area (Å²) in [5.41, 5.74) is 2.12. The fraction of sp³-hybridized carbons (Fsp3) is 0.818. The molecule has 0 aromatic heterocycles. The van der Waals surface area contributed by atoms with Gasteiger partial charge in [-0.1, -0.05) is 18.6 Å². The summed E-state index contributed by atoms with van der Waals surface area (Å²) in [4.78, 5) is 0. The number of hydrogen-bond acceptors (Lipinski definition) is 1. The van der Waals surface area contributed by atoms with Crippen LogP contribution in [0.4, 0.5) is 0 Å². The van der Waals surface area contributed by atoms with Crippen molar-refractivity contribution in [2.24, 2.45) is 35.0 Å². The topological polar surface area (TPSA) is 20.2 Å². The van der Waals surface area contributed by atoms with Gasteiger partial charge in [0.1, 0.15) is 0 Å². The van der Waals surface area contributed by atoms with Crippen molar-refractivity contribution in [3.8, 4) is 0 Å². The third kappa shape index (κ3) is 0.384. The number of rotatable bonds is 2. The van der Waals surface area contributed by atoms with Crippen LogP contribution in [0.5, 0.6) is 0 Å². The molecule has 0 aliphatic heterocycles. The summed E-state index contributed by atoms with van der Waals surface area (Å²) in [5, 5.41) is 9.96. The van der Waals surface area contributed by atoms with Gasteiger partial charge in [-0.05, 0) is 36.0 Å². The van der Waals surface area contributed by atoms with E-state index in [1.807, 2.05) is 0 Å². The fourth-order valence-electron chi connectivity index (χ4n) is 4.08. The van der Waals surface area contributed by atoms with Crippen LogP contribution in [-0.4, -0.2) is 11.2 Å². The molecule has 1 heteroatoms. The van der Waals surface area contributed by atoms with E-state index in [0.717, 1.165) is 17.8 Å². The van der Waals surface area contributed by atoms with E-state index in [1.54, 1.807) is 0 Å². The molecule has 12 heavy (non-hydrogen) atoms. The molecule has 0 aromatic carbocycles. The third-order valence-electron chi connectivity index (χ3n) is 5.10. The van der Waals surface area contributed by atoms with Gasteiger partial charge in [0.15, 0.2) is 0 Å². The van der Waals surface area contributed by atoms with Gasteiger partial charge in [0.05, 0.1) is 6.10 Å². The Labute approximate surface area is 72.5 Å². The second-order valence-electron chi connectivity index (χ2n) is 5.29. The van der Waals surface area contributed by atoms with Crippen molar-refractivity contribution in [3.63, 3.8) is 0 Å². The van der Waals surface area contributed by atoms with Gasteiger partial charge < -0.3 is 5.11 Å². The zero-order valence-corrected chi connectivity index (χ0v) is 7.49. The Hall–Kier alpha value is -0.300. The van der Waals surface area contributed by atoms with E-state index in [0.29, 0.717) is 17.3 Å². The molecular weight excluding hydrogens is 148 g/mol. The van der Waals surface area contributed by atoms with Crippen molar-refractivity contribution in [1.29, 1.82) is 0 Å². The first-order valence-electron chi connectivity index (χ1n) is 5.07. The lowest BCUT2D eigenvalue weighted by molar-refractivity contribution is 0.112. The second-order valence-corrected chi connectivity index (χ2v) is 5.29. The summed E-state index contributed by atoms with van der Waals surface area (Å²) in [6.07, 6.45) is 2.21. The predicted molar refractivity (Wildman–Crippen MR) is 45.3 cm³/mol. The number of aliphatic hydroxyl groups is 1. The lowest BCUT2D eigenvalue weighted by atomic mass is 10.0. The molecule has 0 radical (unpaired) electrons. The third-order valence-corrected chi connectivity index (χ3v) is 5.10. The van der Waals surface area contributed by atoms with Crippen molar-refractivity contribution in [3.05, 3.63) is 11.6 Å². The van der Waals surface area contributed by atoms with E-state index < -0.39 is 0 Å². The highest BCUT2D eigenvalue weighted by Gasteiger charge is 3.02. The Morgan fingerprint density at radius 3 is 2.50 bits per heavy atom. The minimum Gasteiger partial charge on any atom is -0.392 e. The molecule has 1 N–H and O–H groups in total. The van der Waals surface area contributed by atoms with Crippen LogP contribution in [0.15, 0.2) is 11.6 Å². The number of fused-ring (bicyclic) bond motifs is 1. The van der Waals surface area contributed by atoms with Gasteiger partial charge in [-0.25, -0.2) is 0 Å². The van der Waals surface area contributed by atoms with Crippen molar-refractivity contribution in [2.45, 2.75) is 20.0 Å². The highest BCUT2D eigenvalue weighted by molar-refractivity contribution is 5.50. The molecular formula is C11H14O. The molecule has 7 atom stereocenters. The van der Waals surface area contributed by atoms with Crippen LogP contribution in [0.25, 0.3) is 0 Å². The Kier molecular flexibility index (Phi) is 0.678. The molecule has 4 rings (SSSR count). The Morgan fingerprint density at radius 2 is 2.17 bits per heavy atom. The first-order chi connectivity index (χ1) is 5.70. The van der Waals surface area contributed by atoms with Crippen LogP contribution in [0.3, 0.4) is 0 Å². The Balaban J connectivity index is 1.50. The van der Waals surface area contributed by atoms with Crippen molar-refractivity contribution >= 4 is 0 Å². The van der Waals surface area contributed by atoms with E-state index >= 15 is 0 Å². The standard InChI is InChI=1S/C11H14O/c1-4-3-6(4)10(12)9-8-7-5(2)11(7,8)9/h3,5-10,12H,1-2H3. The van der Waals surface area contributed by atoms with Crippen LogP contribution in [0.1, 0.15) is 13.8 Å². The second kappa shape index (κ2) is 1.31. The quantitative estimate of drug-likeness (QED) is 0.609. The van der Waals surface area contributed by atoms with Crippen molar-refractivity contribution < 1.29 is 5.11 Å². The summed E-state index contributed by atoms with van der Waals surface area (Å²) in [5.74, 6) is 4.16. The maximum absolute atomic E-state index is 9.96. The highest BCUT2D eigenvalue weighted by atomic mass is 16.3. The lowest BCUT2D eigenvalue weighted by Crippen LogP contribution is -2.18. The maximum atomic E-state index is 9.96. The summed E-state index contributed by atoms with van der Waals surface area (Å²) in [6, 6.07) is 0. The van der Waals surface area contributed by atoms with Crippen LogP contribution < -0.4 is 0 Å². The van der Waals surface area contributed by atoms with Crippen LogP contribution in [0.2, 0.25) is 0 Å². The van der Waals surface area contributed by atoms with Gasteiger partial charge in [0, 0.05) is 5.92 Å². The van der Waals surface area contributed by atoms with Crippen molar-refractivity contribution in [2.75, 3.05) is 0 Å². The minimum absolute atomic E-state index is 0.00352. The first kappa shape index (κ1) is 6.20. The lowest BCUT2D eigenvalue weighted by Gasteiger charge is -2.11. The van der Waals surface area contributed by atoms with Gasteiger partial charge >= 0.3 is 0 Å². The highest BCUT2D eigenvalue weighted by Crippen LogP contribution is 3.04. The van der Waals surface area contributed by atoms with E-state index in [2.05, 4.69) is 19.9 Å². The van der Waals surface area contributed by atoms with E-state index in [4.69, 9.17) is 0 Å². The predicted octanol–water partition coefficient (Wildman–Crippen LogP) is 1.44. The van der Waals surface area contributed by atoms with Gasteiger partial charge in [-0.15, -0.1) is 0 Å². The molecule has 0 saturated heterocycles. The van der Waals surface area contributed by atoms with Crippen LogP contribution in [0, 0.1) is 35.0 Å². The van der Waals surface area contributed by atoms with Crippen LogP contribution in [-0.2, 0) is 0 Å². The molecule has 4 aliphatic carbocycles. The smallest absolute Gasteiger partial charge is 0.0676 e. The number of aliphatic hydroxyl groups excluding tert-OH is 1. The number of hydrogen-bond donors (Lipinski definition) is 1. The summed E-state index contributed by atoms with van der Waals surface area (Å²) < 4.78 is 0. The normalized spacial score (nSPS) is 70.6. The molecule has 0 bridgehead atoms. The van der Waals surface area contributed by atoms with E-state index in [1.165, 1.54) is 5.57 Å². The summed E-state index contributed by atoms with van der Waals surface area (Å²) in [7, 11) is 0. The molecule has 4 aliphatic rings. The largest absolute Gasteiger partial charge is 0.392 e. The van der Waals surface area contributed by atoms with Gasteiger partial charge in [-0.3, -0.25) is 0 Å². The minimum atomic E-state index is -0.00352. The molecule has 0 heterocycles. The zero-order chi connectivity index (χ0) is 8.25. The van der Waals surface area contributed by atoms with Gasteiger partial charge in [0.2, 0.25) is 0 Å². The van der Waals surface area contributed by atoms with Crippen molar-refractivity contribution in [1.82, 2.24) is 0 Å². The molecule has 3 fully saturated rings. The van der Waals surface area contributed by atoms with Gasteiger partial charge in [-0.2, -0.15) is 0 Å².